The lowest BCUT2D eigenvalue weighted by molar-refractivity contribution is -0.386. The molecule has 164 valence electrons. The summed E-state index contributed by atoms with van der Waals surface area (Å²) in [4.78, 5) is 35.5. The van der Waals surface area contributed by atoms with Crippen LogP contribution in [0.4, 0.5) is 5.69 Å². The van der Waals surface area contributed by atoms with Gasteiger partial charge in [-0.05, 0) is 30.7 Å². The molecule has 0 saturated carbocycles. The molecular formula is C24H21NO7. The van der Waals surface area contributed by atoms with E-state index in [0.29, 0.717) is 6.42 Å². The van der Waals surface area contributed by atoms with Crippen LogP contribution in [0.2, 0.25) is 0 Å². The predicted octanol–water partition coefficient (Wildman–Crippen LogP) is 4.37. The molecule has 0 N–H and O–H groups in total. The Hall–Kier alpha value is -4.20. The number of hydrogen-bond acceptors (Lipinski definition) is 7. The first kappa shape index (κ1) is 22.5. The maximum Gasteiger partial charge on any atom is 0.352 e. The minimum absolute atomic E-state index is 0.0141. The third-order valence-electron chi connectivity index (χ3n) is 4.48. The standard InChI is InChI=1S/C24H21NO7/c1-17(31-22-14-8-6-12-20(22)25(28)29)23(26)32-21-13-7-5-11-19(21)24(27)30-16-15-18-9-3-2-4-10-18/h2-14,17H,15-16H2,1H3. The molecule has 0 fully saturated rings. The molecule has 3 aromatic rings. The molecule has 0 amide bonds. The van der Waals surface area contributed by atoms with Crippen LogP contribution in [-0.2, 0) is 16.0 Å². The lowest BCUT2D eigenvalue weighted by Gasteiger charge is -2.15. The van der Waals surface area contributed by atoms with E-state index in [4.69, 9.17) is 14.2 Å². The highest BCUT2D eigenvalue weighted by atomic mass is 16.6. The van der Waals surface area contributed by atoms with E-state index in [9.17, 15) is 19.7 Å². The molecule has 0 spiro atoms. The quantitative estimate of drug-likeness (QED) is 0.213. The van der Waals surface area contributed by atoms with Gasteiger partial charge in [0.25, 0.3) is 0 Å². The number of carbonyl (C=O) groups excluding carboxylic acids is 2. The second-order valence-corrected chi connectivity index (χ2v) is 6.77. The highest BCUT2D eigenvalue weighted by Gasteiger charge is 2.24. The molecule has 8 nitrogen and oxygen atoms in total. The Morgan fingerprint density at radius 2 is 1.53 bits per heavy atom. The van der Waals surface area contributed by atoms with Gasteiger partial charge in [-0.2, -0.15) is 0 Å². The normalized spacial score (nSPS) is 11.3. The number of hydrogen-bond donors (Lipinski definition) is 0. The van der Waals surface area contributed by atoms with E-state index >= 15 is 0 Å². The summed E-state index contributed by atoms with van der Waals surface area (Å²) < 4.78 is 16.1. The van der Waals surface area contributed by atoms with Crippen molar-refractivity contribution in [3.05, 3.63) is 100 Å². The lowest BCUT2D eigenvalue weighted by Crippen LogP contribution is -2.29. The van der Waals surface area contributed by atoms with Crippen LogP contribution in [0.15, 0.2) is 78.9 Å². The molecule has 1 atom stereocenters. The SMILES string of the molecule is CC(Oc1ccccc1[N+](=O)[O-])C(=O)Oc1ccccc1C(=O)OCCc1ccccc1. The Labute approximate surface area is 184 Å². The van der Waals surface area contributed by atoms with Crippen molar-refractivity contribution in [3.63, 3.8) is 0 Å². The van der Waals surface area contributed by atoms with Crippen molar-refractivity contribution in [3.8, 4) is 11.5 Å². The molecule has 0 saturated heterocycles. The van der Waals surface area contributed by atoms with Crippen LogP contribution in [0.3, 0.4) is 0 Å². The fourth-order valence-corrected chi connectivity index (χ4v) is 2.85. The number of ether oxygens (including phenoxy) is 3. The number of rotatable bonds is 9. The molecule has 0 radical (unpaired) electrons. The number of nitro benzene ring substituents is 1. The maximum atomic E-state index is 12.5. The van der Waals surface area contributed by atoms with E-state index in [1.165, 1.54) is 37.3 Å². The second kappa shape index (κ2) is 10.7. The van der Waals surface area contributed by atoms with Crippen molar-refractivity contribution < 1.29 is 28.7 Å². The van der Waals surface area contributed by atoms with Crippen LogP contribution in [0, 0.1) is 10.1 Å². The van der Waals surface area contributed by atoms with E-state index in [2.05, 4.69) is 0 Å². The average molecular weight is 435 g/mol. The summed E-state index contributed by atoms with van der Waals surface area (Å²) >= 11 is 0. The van der Waals surface area contributed by atoms with Crippen LogP contribution in [0.1, 0.15) is 22.8 Å². The number of nitrogens with zero attached hydrogens (tertiary/aromatic N) is 1. The summed E-state index contributed by atoms with van der Waals surface area (Å²) in [6, 6.07) is 21.5. The van der Waals surface area contributed by atoms with Gasteiger partial charge in [0, 0.05) is 12.5 Å². The topological polar surface area (TPSA) is 105 Å². The number of para-hydroxylation sites is 3. The van der Waals surface area contributed by atoms with E-state index in [1.54, 1.807) is 18.2 Å². The van der Waals surface area contributed by atoms with Crippen molar-refractivity contribution in [1.82, 2.24) is 0 Å². The molecule has 1 unspecified atom stereocenters. The fourth-order valence-electron chi connectivity index (χ4n) is 2.85. The largest absolute Gasteiger partial charge is 0.472 e. The maximum absolute atomic E-state index is 12.5. The van der Waals surface area contributed by atoms with Gasteiger partial charge in [-0.25, -0.2) is 9.59 Å². The van der Waals surface area contributed by atoms with Gasteiger partial charge in [0.1, 0.15) is 11.3 Å². The zero-order chi connectivity index (χ0) is 22.9. The Morgan fingerprint density at radius 3 is 2.25 bits per heavy atom. The van der Waals surface area contributed by atoms with Gasteiger partial charge in [0.2, 0.25) is 0 Å². The molecule has 0 aliphatic rings. The van der Waals surface area contributed by atoms with Gasteiger partial charge in [-0.1, -0.05) is 54.6 Å². The molecule has 3 aromatic carbocycles. The molecular weight excluding hydrogens is 414 g/mol. The third-order valence-corrected chi connectivity index (χ3v) is 4.48. The number of esters is 2. The first-order valence-corrected chi connectivity index (χ1v) is 9.87. The van der Waals surface area contributed by atoms with Gasteiger partial charge in [0.05, 0.1) is 11.5 Å². The number of benzene rings is 3. The highest BCUT2D eigenvalue weighted by Crippen LogP contribution is 2.27. The second-order valence-electron chi connectivity index (χ2n) is 6.77. The molecule has 0 heterocycles. The van der Waals surface area contributed by atoms with Gasteiger partial charge in [-0.3, -0.25) is 10.1 Å². The Bertz CT molecular complexity index is 1100. The summed E-state index contributed by atoms with van der Waals surface area (Å²) in [7, 11) is 0. The van der Waals surface area contributed by atoms with Crippen molar-refractivity contribution in [1.29, 1.82) is 0 Å². The molecule has 0 bridgehead atoms. The Balaban J connectivity index is 1.63. The van der Waals surface area contributed by atoms with E-state index in [1.807, 2.05) is 30.3 Å². The Kier molecular flexibility index (Phi) is 7.53. The first-order valence-electron chi connectivity index (χ1n) is 9.87. The van der Waals surface area contributed by atoms with Gasteiger partial charge in [-0.15, -0.1) is 0 Å². The third kappa shape index (κ3) is 5.91. The number of nitro groups is 1. The van der Waals surface area contributed by atoms with Crippen molar-refractivity contribution >= 4 is 17.6 Å². The summed E-state index contributed by atoms with van der Waals surface area (Å²) in [5.74, 6) is -1.49. The zero-order valence-corrected chi connectivity index (χ0v) is 17.3. The smallest absolute Gasteiger partial charge is 0.352 e. The predicted molar refractivity (Wildman–Crippen MR) is 116 cm³/mol. The Morgan fingerprint density at radius 1 is 0.906 bits per heavy atom. The zero-order valence-electron chi connectivity index (χ0n) is 17.3. The van der Waals surface area contributed by atoms with Gasteiger partial charge in [0.15, 0.2) is 11.9 Å². The van der Waals surface area contributed by atoms with Gasteiger partial charge >= 0.3 is 17.6 Å². The minimum Gasteiger partial charge on any atom is -0.472 e. The van der Waals surface area contributed by atoms with Gasteiger partial charge < -0.3 is 14.2 Å². The van der Waals surface area contributed by atoms with E-state index < -0.39 is 23.0 Å². The summed E-state index contributed by atoms with van der Waals surface area (Å²) in [5, 5.41) is 11.1. The molecule has 0 aliphatic carbocycles. The van der Waals surface area contributed by atoms with Crippen LogP contribution >= 0.6 is 0 Å². The van der Waals surface area contributed by atoms with Crippen LogP contribution in [-0.4, -0.2) is 29.6 Å². The van der Waals surface area contributed by atoms with E-state index in [0.717, 1.165) is 5.56 Å². The molecule has 32 heavy (non-hydrogen) atoms. The average Bonchev–Trinajstić information content (AvgIpc) is 2.80. The summed E-state index contributed by atoms with van der Waals surface area (Å²) in [5.41, 5.74) is 0.849. The van der Waals surface area contributed by atoms with Crippen molar-refractivity contribution in [2.45, 2.75) is 19.4 Å². The molecule has 8 heteroatoms. The number of carbonyl (C=O) groups is 2. The summed E-state index contributed by atoms with van der Waals surface area (Å²) in [6.45, 7) is 1.57. The first-order chi connectivity index (χ1) is 15.5. The molecule has 3 rings (SSSR count). The fraction of sp³-hybridized carbons (Fsp3) is 0.167. The van der Waals surface area contributed by atoms with Crippen LogP contribution in [0.5, 0.6) is 11.5 Å². The van der Waals surface area contributed by atoms with Crippen molar-refractivity contribution in [2.75, 3.05) is 6.61 Å². The minimum atomic E-state index is -1.15. The van der Waals surface area contributed by atoms with Crippen LogP contribution < -0.4 is 9.47 Å². The summed E-state index contributed by atoms with van der Waals surface area (Å²) in [6.07, 6.45) is -0.604. The van der Waals surface area contributed by atoms with E-state index in [-0.39, 0.29) is 29.4 Å². The monoisotopic (exact) mass is 435 g/mol. The lowest BCUT2D eigenvalue weighted by atomic mass is 10.2. The highest BCUT2D eigenvalue weighted by molar-refractivity contribution is 5.93. The molecule has 0 aliphatic heterocycles. The van der Waals surface area contributed by atoms with Crippen molar-refractivity contribution in [2.24, 2.45) is 0 Å². The van der Waals surface area contributed by atoms with Crippen LogP contribution in [0.25, 0.3) is 0 Å². The molecule has 0 aromatic heterocycles.